The van der Waals surface area contributed by atoms with Crippen LogP contribution < -0.4 is 5.32 Å². The number of nitrogens with one attached hydrogen (secondary N) is 1. The second-order valence-electron chi connectivity index (χ2n) is 7.08. The molecule has 1 aromatic carbocycles. The highest BCUT2D eigenvalue weighted by molar-refractivity contribution is 5.81. The van der Waals surface area contributed by atoms with E-state index in [0.717, 1.165) is 38.2 Å². The predicted molar refractivity (Wildman–Crippen MR) is 97.1 cm³/mol. The second kappa shape index (κ2) is 8.49. The number of carbonyl (C=O) groups excluding carboxylic acids is 2. The number of hydrogen-bond acceptors (Lipinski definition) is 3. The SMILES string of the molecule is CCCN1C[C@H](NC(=O)N2CCN(Cc3ccc(F)cc3)CC2)CC1=O. The van der Waals surface area contributed by atoms with Crippen molar-refractivity contribution in [2.24, 2.45) is 0 Å². The van der Waals surface area contributed by atoms with E-state index in [-0.39, 0.29) is 23.8 Å². The van der Waals surface area contributed by atoms with Crippen LogP contribution in [0.3, 0.4) is 0 Å². The van der Waals surface area contributed by atoms with Gasteiger partial charge in [-0.1, -0.05) is 19.1 Å². The van der Waals surface area contributed by atoms with Crippen LogP contribution in [-0.2, 0) is 11.3 Å². The van der Waals surface area contributed by atoms with Crippen molar-refractivity contribution in [1.82, 2.24) is 20.0 Å². The van der Waals surface area contributed by atoms with Crippen LogP contribution in [-0.4, -0.2) is 71.9 Å². The van der Waals surface area contributed by atoms with E-state index in [9.17, 15) is 14.0 Å². The fraction of sp³-hybridized carbons (Fsp3) is 0.579. The van der Waals surface area contributed by atoms with Crippen LogP contribution in [0.15, 0.2) is 24.3 Å². The average Bonchev–Trinajstić information content (AvgIpc) is 2.97. The van der Waals surface area contributed by atoms with Crippen LogP contribution in [0.2, 0.25) is 0 Å². The molecule has 0 saturated carbocycles. The van der Waals surface area contributed by atoms with Crippen LogP contribution in [0.4, 0.5) is 9.18 Å². The molecule has 3 amide bonds. The minimum Gasteiger partial charge on any atom is -0.341 e. The molecule has 0 aliphatic carbocycles. The number of halogens is 1. The summed E-state index contributed by atoms with van der Waals surface area (Å²) in [4.78, 5) is 30.3. The Balaban J connectivity index is 1.42. The summed E-state index contributed by atoms with van der Waals surface area (Å²) in [5.74, 6) is -0.0978. The van der Waals surface area contributed by atoms with Gasteiger partial charge in [0.15, 0.2) is 0 Å². The highest BCUT2D eigenvalue weighted by Crippen LogP contribution is 2.13. The lowest BCUT2D eigenvalue weighted by Gasteiger charge is -2.35. The van der Waals surface area contributed by atoms with E-state index in [0.29, 0.717) is 26.1 Å². The Hall–Kier alpha value is -2.15. The molecule has 2 aliphatic heterocycles. The maximum absolute atomic E-state index is 13.0. The molecule has 2 aliphatic rings. The van der Waals surface area contributed by atoms with Crippen molar-refractivity contribution in [1.29, 1.82) is 0 Å². The number of benzene rings is 1. The molecule has 3 rings (SSSR count). The predicted octanol–water partition coefficient (Wildman–Crippen LogP) is 1.66. The van der Waals surface area contributed by atoms with Crippen LogP contribution in [0.1, 0.15) is 25.3 Å². The van der Waals surface area contributed by atoms with E-state index in [4.69, 9.17) is 0 Å². The van der Waals surface area contributed by atoms with E-state index < -0.39 is 0 Å². The Labute approximate surface area is 153 Å². The summed E-state index contributed by atoms with van der Waals surface area (Å²) in [6, 6.07) is 6.38. The fourth-order valence-electron chi connectivity index (χ4n) is 3.58. The normalized spacial score (nSPS) is 21.3. The van der Waals surface area contributed by atoms with Gasteiger partial charge in [0.05, 0.1) is 6.04 Å². The third-order valence-electron chi connectivity index (χ3n) is 5.01. The number of piperazine rings is 1. The zero-order valence-corrected chi connectivity index (χ0v) is 15.3. The number of amides is 3. The molecule has 1 atom stereocenters. The van der Waals surface area contributed by atoms with E-state index in [1.807, 2.05) is 16.7 Å². The summed E-state index contributed by atoms with van der Waals surface area (Å²) in [6.07, 6.45) is 1.33. The molecule has 2 fully saturated rings. The smallest absolute Gasteiger partial charge is 0.317 e. The molecule has 2 saturated heterocycles. The lowest BCUT2D eigenvalue weighted by molar-refractivity contribution is -0.127. The van der Waals surface area contributed by atoms with Crippen LogP contribution in [0.5, 0.6) is 0 Å². The summed E-state index contributed by atoms with van der Waals surface area (Å²) in [6.45, 7) is 7.07. The molecule has 142 valence electrons. The zero-order chi connectivity index (χ0) is 18.5. The summed E-state index contributed by atoms with van der Waals surface area (Å²) < 4.78 is 13.0. The first kappa shape index (κ1) is 18.6. The third kappa shape index (κ3) is 4.72. The second-order valence-corrected chi connectivity index (χ2v) is 7.08. The molecule has 26 heavy (non-hydrogen) atoms. The first-order chi connectivity index (χ1) is 12.5. The van der Waals surface area contributed by atoms with Gasteiger partial charge in [0.25, 0.3) is 0 Å². The van der Waals surface area contributed by atoms with Gasteiger partial charge < -0.3 is 15.1 Å². The van der Waals surface area contributed by atoms with Crippen molar-refractivity contribution in [3.63, 3.8) is 0 Å². The van der Waals surface area contributed by atoms with Gasteiger partial charge in [-0.15, -0.1) is 0 Å². The fourth-order valence-corrected chi connectivity index (χ4v) is 3.58. The van der Waals surface area contributed by atoms with Crippen molar-refractivity contribution in [3.8, 4) is 0 Å². The van der Waals surface area contributed by atoms with E-state index in [1.165, 1.54) is 12.1 Å². The molecule has 6 nitrogen and oxygen atoms in total. The lowest BCUT2D eigenvalue weighted by Crippen LogP contribution is -2.53. The van der Waals surface area contributed by atoms with Gasteiger partial charge in [-0.25, -0.2) is 9.18 Å². The van der Waals surface area contributed by atoms with Crippen LogP contribution in [0.25, 0.3) is 0 Å². The molecule has 0 aromatic heterocycles. The standard InChI is InChI=1S/C19H27FN4O2/c1-2-7-24-14-17(12-18(24)25)21-19(26)23-10-8-22(9-11-23)13-15-3-5-16(20)6-4-15/h3-6,17H,2,7-14H2,1H3,(H,21,26)/t17-/m1/s1. The number of likely N-dealkylation sites (tertiary alicyclic amines) is 1. The van der Waals surface area contributed by atoms with Crippen molar-refractivity contribution in [2.75, 3.05) is 39.3 Å². The molecule has 0 spiro atoms. The van der Waals surface area contributed by atoms with E-state index in [2.05, 4.69) is 10.2 Å². The van der Waals surface area contributed by atoms with Crippen molar-refractivity contribution >= 4 is 11.9 Å². The molecule has 0 unspecified atom stereocenters. The monoisotopic (exact) mass is 362 g/mol. The number of carbonyl (C=O) groups is 2. The Bertz CT molecular complexity index is 629. The number of urea groups is 1. The summed E-state index contributed by atoms with van der Waals surface area (Å²) in [5, 5.41) is 3.00. The Kier molecular flexibility index (Phi) is 6.08. The summed E-state index contributed by atoms with van der Waals surface area (Å²) in [5.41, 5.74) is 1.07. The van der Waals surface area contributed by atoms with Crippen LogP contribution >= 0.6 is 0 Å². The maximum atomic E-state index is 13.0. The van der Waals surface area contributed by atoms with Crippen LogP contribution in [0, 0.1) is 5.82 Å². The zero-order valence-electron chi connectivity index (χ0n) is 15.3. The molecular formula is C19H27FN4O2. The quantitative estimate of drug-likeness (QED) is 0.867. The summed E-state index contributed by atoms with van der Waals surface area (Å²) in [7, 11) is 0. The van der Waals surface area contributed by atoms with Gasteiger partial charge in [-0.3, -0.25) is 9.69 Å². The van der Waals surface area contributed by atoms with E-state index >= 15 is 0 Å². The lowest BCUT2D eigenvalue weighted by atomic mass is 10.2. The molecule has 1 aromatic rings. The Morgan fingerprint density at radius 2 is 1.88 bits per heavy atom. The molecule has 0 bridgehead atoms. The minimum absolute atomic E-state index is 0.0809. The average molecular weight is 362 g/mol. The largest absolute Gasteiger partial charge is 0.341 e. The summed E-state index contributed by atoms with van der Waals surface area (Å²) >= 11 is 0. The Morgan fingerprint density at radius 1 is 1.19 bits per heavy atom. The van der Waals surface area contributed by atoms with Gasteiger partial charge >= 0.3 is 6.03 Å². The van der Waals surface area contributed by atoms with Gasteiger partial charge in [0.2, 0.25) is 5.91 Å². The Morgan fingerprint density at radius 3 is 2.54 bits per heavy atom. The molecule has 2 heterocycles. The first-order valence-electron chi connectivity index (χ1n) is 9.35. The van der Waals surface area contributed by atoms with Crippen molar-refractivity contribution in [2.45, 2.75) is 32.4 Å². The van der Waals surface area contributed by atoms with Crippen molar-refractivity contribution in [3.05, 3.63) is 35.6 Å². The highest BCUT2D eigenvalue weighted by Gasteiger charge is 2.31. The molecule has 0 radical (unpaired) electrons. The van der Waals surface area contributed by atoms with Gasteiger partial charge in [0, 0.05) is 52.2 Å². The maximum Gasteiger partial charge on any atom is 0.317 e. The van der Waals surface area contributed by atoms with Crippen molar-refractivity contribution < 1.29 is 14.0 Å². The molecule has 1 N–H and O–H groups in total. The number of rotatable bonds is 5. The molecular weight excluding hydrogens is 335 g/mol. The number of hydrogen-bond donors (Lipinski definition) is 1. The minimum atomic E-state index is -0.224. The third-order valence-corrected chi connectivity index (χ3v) is 5.01. The topological polar surface area (TPSA) is 55.9 Å². The number of nitrogens with zero attached hydrogens (tertiary/aromatic N) is 3. The first-order valence-corrected chi connectivity index (χ1v) is 9.35. The highest BCUT2D eigenvalue weighted by atomic mass is 19.1. The van der Waals surface area contributed by atoms with Gasteiger partial charge in [-0.05, 0) is 24.1 Å². The van der Waals surface area contributed by atoms with E-state index in [1.54, 1.807) is 12.1 Å². The molecule has 7 heteroatoms. The van der Waals surface area contributed by atoms with Gasteiger partial charge in [-0.2, -0.15) is 0 Å². The van der Waals surface area contributed by atoms with Gasteiger partial charge in [0.1, 0.15) is 5.82 Å².